The molecule has 0 aliphatic rings. The van der Waals surface area contributed by atoms with Crippen LogP contribution in [-0.2, 0) is 0 Å². The maximum atomic E-state index is 12.0. The third kappa shape index (κ3) is 3.27. The summed E-state index contributed by atoms with van der Waals surface area (Å²) in [5.41, 5.74) is 0.319. The fourth-order valence-corrected chi connectivity index (χ4v) is 2.10. The summed E-state index contributed by atoms with van der Waals surface area (Å²) in [7, 11) is 0. The normalized spacial score (nSPS) is 10.7. The number of carbonyl (C=O) groups excluding carboxylic acids is 1. The van der Waals surface area contributed by atoms with Gasteiger partial charge in [0.1, 0.15) is 5.75 Å². The number of benzene rings is 2. The molecule has 4 nitrogen and oxygen atoms in total. The highest BCUT2D eigenvalue weighted by Gasteiger charge is 2.12. The largest absolute Gasteiger partial charge is 0.506 e. The first-order chi connectivity index (χ1) is 9.74. The summed E-state index contributed by atoms with van der Waals surface area (Å²) >= 11 is 0. The smallest absolute Gasteiger partial charge is 0.255 e. The van der Waals surface area contributed by atoms with Crippen LogP contribution >= 0.6 is 0 Å². The number of fused-ring (bicyclic) bond motifs is 1. The molecule has 0 aliphatic carbocycles. The van der Waals surface area contributed by atoms with E-state index in [1.165, 1.54) is 0 Å². The number of hydrogen-bond donors (Lipinski definition) is 3. The highest BCUT2D eigenvalue weighted by Crippen LogP contribution is 2.28. The zero-order chi connectivity index (χ0) is 14.4. The molecule has 0 saturated carbocycles. The quantitative estimate of drug-likeness (QED) is 0.707. The van der Waals surface area contributed by atoms with Crippen molar-refractivity contribution < 1.29 is 9.90 Å². The summed E-state index contributed by atoms with van der Waals surface area (Å²) in [5, 5.41) is 17.8. The van der Waals surface area contributed by atoms with Gasteiger partial charge in [-0.05, 0) is 24.4 Å². The highest BCUT2D eigenvalue weighted by molar-refractivity contribution is 6.03. The van der Waals surface area contributed by atoms with Gasteiger partial charge in [-0.2, -0.15) is 0 Å². The number of amides is 1. The Bertz CT molecular complexity index is 596. The van der Waals surface area contributed by atoms with Crippen molar-refractivity contribution >= 4 is 16.7 Å². The molecule has 0 unspecified atom stereocenters. The van der Waals surface area contributed by atoms with E-state index in [9.17, 15) is 9.90 Å². The maximum absolute atomic E-state index is 12.0. The Hall–Kier alpha value is -2.07. The van der Waals surface area contributed by atoms with Crippen molar-refractivity contribution in [1.82, 2.24) is 10.6 Å². The van der Waals surface area contributed by atoms with Gasteiger partial charge in [0.25, 0.3) is 5.91 Å². The Morgan fingerprint density at radius 2 is 1.90 bits per heavy atom. The molecule has 106 valence electrons. The number of nitrogens with one attached hydrogen (secondary N) is 2. The van der Waals surface area contributed by atoms with Crippen LogP contribution in [0.1, 0.15) is 23.7 Å². The Morgan fingerprint density at radius 3 is 2.70 bits per heavy atom. The van der Waals surface area contributed by atoms with E-state index in [1.807, 2.05) is 30.3 Å². The summed E-state index contributed by atoms with van der Waals surface area (Å²) in [6.07, 6.45) is 1.07. The van der Waals surface area contributed by atoms with E-state index >= 15 is 0 Å². The van der Waals surface area contributed by atoms with Gasteiger partial charge < -0.3 is 15.7 Å². The standard InChI is InChI=1S/C16H20N2O2/c1-2-9-17-10-11-18-16(20)14-8-7-12-5-3-4-6-13(12)15(14)19/h3-8,17,19H,2,9-11H2,1H3,(H,18,20). The van der Waals surface area contributed by atoms with E-state index in [4.69, 9.17) is 0 Å². The average molecular weight is 272 g/mol. The van der Waals surface area contributed by atoms with Gasteiger partial charge in [-0.1, -0.05) is 37.3 Å². The van der Waals surface area contributed by atoms with Crippen LogP contribution in [-0.4, -0.2) is 30.6 Å². The fraction of sp³-hybridized carbons (Fsp3) is 0.312. The van der Waals surface area contributed by atoms with Crippen LogP contribution in [0.2, 0.25) is 0 Å². The summed E-state index contributed by atoms with van der Waals surface area (Å²) in [4.78, 5) is 12.0. The molecule has 2 aromatic rings. The van der Waals surface area contributed by atoms with Crippen molar-refractivity contribution in [3.05, 3.63) is 42.0 Å². The first-order valence-electron chi connectivity index (χ1n) is 6.93. The number of phenolic OH excluding ortho intramolecular Hbond substituents is 1. The van der Waals surface area contributed by atoms with Crippen molar-refractivity contribution in [1.29, 1.82) is 0 Å². The minimum atomic E-state index is -0.244. The van der Waals surface area contributed by atoms with Gasteiger partial charge in [0, 0.05) is 18.5 Å². The molecule has 3 N–H and O–H groups in total. The van der Waals surface area contributed by atoms with Crippen molar-refractivity contribution in [3.8, 4) is 5.75 Å². The SMILES string of the molecule is CCCNCCNC(=O)c1ccc2ccccc2c1O. The van der Waals surface area contributed by atoms with Gasteiger partial charge in [0.15, 0.2) is 0 Å². The summed E-state index contributed by atoms with van der Waals surface area (Å²) in [6.45, 7) is 4.31. The summed E-state index contributed by atoms with van der Waals surface area (Å²) in [5.74, 6) is -0.200. The zero-order valence-corrected chi connectivity index (χ0v) is 11.6. The first kappa shape index (κ1) is 14.3. The Morgan fingerprint density at radius 1 is 1.10 bits per heavy atom. The van der Waals surface area contributed by atoms with Crippen LogP contribution in [0, 0.1) is 0 Å². The molecule has 0 saturated heterocycles. The van der Waals surface area contributed by atoms with Gasteiger partial charge >= 0.3 is 0 Å². The van der Waals surface area contributed by atoms with Crippen LogP contribution in [0.3, 0.4) is 0 Å². The maximum Gasteiger partial charge on any atom is 0.255 e. The lowest BCUT2D eigenvalue weighted by molar-refractivity contribution is 0.0951. The lowest BCUT2D eigenvalue weighted by Crippen LogP contribution is -2.32. The van der Waals surface area contributed by atoms with Crippen LogP contribution in [0.5, 0.6) is 5.75 Å². The molecular formula is C16H20N2O2. The Balaban J connectivity index is 2.05. The van der Waals surface area contributed by atoms with Crippen LogP contribution in [0.25, 0.3) is 10.8 Å². The zero-order valence-electron chi connectivity index (χ0n) is 11.6. The van der Waals surface area contributed by atoms with Gasteiger partial charge in [0.05, 0.1) is 5.56 Å². The Labute approximate surface area is 118 Å². The fourth-order valence-electron chi connectivity index (χ4n) is 2.10. The second-order valence-electron chi connectivity index (χ2n) is 4.69. The highest BCUT2D eigenvalue weighted by atomic mass is 16.3. The second-order valence-corrected chi connectivity index (χ2v) is 4.69. The van der Waals surface area contributed by atoms with E-state index in [1.54, 1.807) is 6.07 Å². The molecular weight excluding hydrogens is 252 g/mol. The van der Waals surface area contributed by atoms with E-state index in [0.717, 1.165) is 24.9 Å². The number of phenols is 1. The topological polar surface area (TPSA) is 61.4 Å². The van der Waals surface area contributed by atoms with Crippen LogP contribution in [0.15, 0.2) is 36.4 Å². The second kappa shape index (κ2) is 6.91. The summed E-state index contributed by atoms with van der Waals surface area (Å²) < 4.78 is 0. The molecule has 0 fully saturated rings. The number of aromatic hydroxyl groups is 1. The van der Waals surface area contributed by atoms with Crippen LogP contribution in [0.4, 0.5) is 0 Å². The molecule has 0 aromatic heterocycles. The van der Waals surface area contributed by atoms with E-state index in [-0.39, 0.29) is 11.7 Å². The number of hydrogen-bond acceptors (Lipinski definition) is 3. The molecule has 0 bridgehead atoms. The van der Waals surface area contributed by atoms with Crippen molar-refractivity contribution in [2.75, 3.05) is 19.6 Å². The van der Waals surface area contributed by atoms with Crippen LogP contribution < -0.4 is 10.6 Å². The molecule has 0 heterocycles. The predicted molar refractivity (Wildman–Crippen MR) is 81.1 cm³/mol. The van der Waals surface area contributed by atoms with Crippen molar-refractivity contribution in [2.24, 2.45) is 0 Å². The number of carbonyl (C=O) groups is 1. The molecule has 0 aliphatic heterocycles. The van der Waals surface area contributed by atoms with Crippen molar-refractivity contribution in [3.63, 3.8) is 0 Å². The molecule has 0 atom stereocenters. The minimum absolute atomic E-state index is 0.0436. The van der Waals surface area contributed by atoms with E-state index < -0.39 is 0 Å². The monoisotopic (exact) mass is 272 g/mol. The lowest BCUT2D eigenvalue weighted by Gasteiger charge is -2.09. The molecule has 2 aromatic carbocycles. The van der Waals surface area contributed by atoms with Gasteiger partial charge in [-0.25, -0.2) is 0 Å². The van der Waals surface area contributed by atoms with Crippen molar-refractivity contribution in [2.45, 2.75) is 13.3 Å². The number of rotatable bonds is 6. The third-order valence-corrected chi connectivity index (χ3v) is 3.16. The van der Waals surface area contributed by atoms with Gasteiger partial charge in [-0.3, -0.25) is 4.79 Å². The third-order valence-electron chi connectivity index (χ3n) is 3.16. The molecule has 20 heavy (non-hydrogen) atoms. The molecule has 0 spiro atoms. The first-order valence-corrected chi connectivity index (χ1v) is 6.93. The molecule has 0 radical (unpaired) electrons. The molecule has 1 amide bonds. The van der Waals surface area contributed by atoms with E-state index in [2.05, 4.69) is 17.6 Å². The Kier molecular flexibility index (Phi) is 4.96. The van der Waals surface area contributed by atoms with Gasteiger partial charge in [0.2, 0.25) is 0 Å². The van der Waals surface area contributed by atoms with E-state index in [0.29, 0.717) is 17.5 Å². The van der Waals surface area contributed by atoms with Gasteiger partial charge in [-0.15, -0.1) is 0 Å². The average Bonchev–Trinajstić information content (AvgIpc) is 2.47. The molecule has 4 heteroatoms. The lowest BCUT2D eigenvalue weighted by atomic mass is 10.0. The summed E-state index contributed by atoms with van der Waals surface area (Å²) in [6, 6.07) is 11.0. The predicted octanol–water partition coefficient (Wildman–Crippen LogP) is 2.27. The minimum Gasteiger partial charge on any atom is -0.506 e. The molecule has 2 rings (SSSR count).